The van der Waals surface area contributed by atoms with Gasteiger partial charge in [-0.1, -0.05) is 28.1 Å². The smallest absolute Gasteiger partial charge is 0.410 e. The largest absolute Gasteiger partial charge is 0.444 e. The van der Waals surface area contributed by atoms with E-state index in [1.165, 1.54) is 5.56 Å². The highest BCUT2D eigenvalue weighted by Crippen LogP contribution is 2.12. The van der Waals surface area contributed by atoms with Crippen LogP contribution in [0.3, 0.4) is 0 Å². The lowest BCUT2D eigenvalue weighted by Gasteiger charge is -2.30. The number of benzene rings is 1. The fraction of sp³-hybridized carbons (Fsp3) is 0.588. The second-order valence-corrected chi connectivity index (χ2v) is 7.49. The number of ether oxygens (including phenoxy) is 1. The van der Waals surface area contributed by atoms with E-state index >= 15 is 0 Å². The molecule has 0 bridgehead atoms. The van der Waals surface area contributed by atoms with Crippen molar-refractivity contribution in [2.24, 2.45) is 0 Å². The Kier molecular flexibility index (Phi) is 7.36. The van der Waals surface area contributed by atoms with Crippen LogP contribution in [-0.4, -0.2) is 35.7 Å². The second-order valence-electron chi connectivity index (χ2n) is 6.57. The molecule has 0 unspecified atom stereocenters. The molecule has 0 fully saturated rings. The second kappa shape index (κ2) is 8.53. The van der Waals surface area contributed by atoms with Crippen LogP contribution < -0.4 is 5.32 Å². The highest BCUT2D eigenvalue weighted by Gasteiger charge is 2.23. The molecular weight excluding hydrogens is 344 g/mol. The average molecular weight is 371 g/mol. The predicted molar refractivity (Wildman–Crippen MR) is 93.9 cm³/mol. The number of carbonyl (C=O) groups is 1. The van der Waals surface area contributed by atoms with Gasteiger partial charge in [0.15, 0.2) is 0 Å². The Balaban J connectivity index is 2.41. The molecule has 4 nitrogen and oxygen atoms in total. The van der Waals surface area contributed by atoms with E-state index in [1.54, 1.807) is 4.90 Å². The summed E-state index contributed by atoms with van der Waals surface area (Å²) in [6.07, 6.45) is -0.257. The molecule has 0 radical (unpaired) electrons. The van der Waals surface area contributed by atoms with Gasteiger partial charge in [-0.3, -0.25) is 0 Å². The molecule has 1 aromatic carbocycles. The minimum atomic E-state index is -0.463. The van der Waals surface area contributed by atoms with E-state index in [1.807, 2.05) is 46.8 Å². The van der Waals surface area contributed by atoms with Crippen molar-refractivity contribution in [2.75, 3.05) is 13.1 Å². The first-order chi connectivity index (χ1) is 10.2. The van der Waals surface area contributed by atoms with E-state index in [9.17, 15) is 4.79 Å². The highest BCUT2D eigenvalue weighted by atomic mass is 79.9. The van der Waals surface area contributed by atoms with Crippen molar-refractivity contribution in [3.05, 3.63) is 34.3 Å². The van der Waals surface area contributed by atoms with Crippen molar-refractivity contribution in [3.8, 4) is 0 Å². The minimum absolute atomic E-state index is 0.115. The summed E-state index contributed by atoms with van der Waals surface area (Å²) in [7, 11) is 0. The number of nitrogens with zero attached hydrogens (tertiary/aromatic N) is 1. The molecule has 1 aromatic rings. The van der Waals surface area contributed by atoms with Gasteiger partial charge in [-0.2, -0.15) is 0 Å². The lowest BCUT2D eigenvalue weighted by atomic mass is 10.2. The Morgan fingerprint density at radius 3 is 2.36 bits per heavy atom. The molecule has 0 saturated heterocycles. The van der Waals surface area contributed by atoms with Gasteiger partial charge in [-0.25, -0.2) is 4.79 Å². The van der Waals surface area contributed by atoms with E-state index in [-0.39, 0.29) is 12.1 Å². The lowest BCUT2D eigenvalue weighted by molar-refractivity contribution is 0.0193. The third-order valence-corrected chi connectivity index (χ3v) is 3.55. The number of carbonyl (C=O) groups excluding carboxylic acids is 1. The van der Waals surface area contributed by atoms with Gasteiger partial charge in [0.2, 0.25) is 0 Å². The number of hydrogen-bond donors (Lipinski definition) is 1. The van der Waals surface area contributed by atoms with Crippen molar-refractivity contribution >= 4 is 22.0 Å². The predicted octanol–water partition coefficient (Wildman–Crippen LogP) is 4.18. The molecule has 1 N–H and O–H groups in total. The number of hydrogen-bond acceptors (Lipinski definition) is 3. The quantitative estimate of drug-likeness (QED) is 0.763. The molecule has 0 spiro atoms. The van der Waals surface area contributed by atoms with Gasteiger partial charge in [-0.05, 0) is 52.3 Å². The summed E-state index contributed by atoms with van der Waals surface area (Å²) in [5.41, 5.74) is 0.756. The van der Waals surface area contributed by atoms with Crippen LogP contribution in [0.15, 0.2) is 28.7 Å². The minimum Gasteiger partial charge on any atom is -0.444 e. The third kappa shape index (κ3) is 7.27. The van der Waals surface area contributed by atoms with Gasteiger partial charge in [0.05, 0.1) is 0 Å². The molecule has 0 saturated carbocycles. The maximum Gasteiger partial charge on any atom is 0.410 e. The Labute approximate surface area is 142 Å². The first-order valence-corrected chi connectivity index (χ1v) is 8.43. The van der Waals surface area contributed by atoms with Gasteiger partial charge in [0.1, 0.15) is 5.60 Å². The van der Waals surface area contributed by atoms with Crippen LogP contribution in [0, 0.1) is 0 Å². The first kappa shape index (κ1) is 19.0. The van der Waals surface area contributed by atoms with Crippen LogP contribution >= 0.6 is 15.9 Å². The lowest BCUT2D eigenvalue weighted by Crippen LogP contribution is -2.44. The Hall–Kier alpha value is -1.07. The summed E-state index contributed by atoms with van der Waals surface area (Å²) in [6, 6.07) is 8.32. The SMILES string of the molecule is CC(C)N(CCNCc1ccc(Br)cc1)C(=O)OC(C)(C)C. The molecule has 1 rings (SSSR count). The van der Waals surface area contributed by atoms with Crippen LogP contribution in [0.4, 0.5) is 4.79 Å². The summed E-state index contributed by atoms with van der Waals surface area (Å²) >= 11 is 3.42. The molecule has 124 valence electrons. The maximum absolute atomic E-state index is 12.2. The number of amides is 1. The molecule has 0 atom stereocenters. The Bertz CT molecular complexity index is 467. The Morgan fingerprint density at radius 2 is 1.86 bits per heavy atom. The number of rotatable bonds is 6. The van der Waals surface area contributed by atoms with Gasteiger partial charge >= 0.3 is 6.09 Å². The van der Waals surface area contributed by atoms with Gasteiger partial charge in [0.25, 0.3) is 0 Å². The first-order valence-electron chi connectivity index (χ1n) is 7.64. The summed E-state index contributed by atoms with van der Waals surface area (Å²) in [5.74, 6) is 0. The monoisotopic (exact) mass is 370 g/mol. The summed E-state index contributed by atoms with van der Waals surface area (Å²) in [5, 5.41) is 3.36. The van der Waals surface area contributed by atoms with Crippen molar-refractivity contribution in [3.63, 3.8) is 0 Å². The molecule has 5 heteroatoms. The average Bonchev–Trinajstić information content (AvgIpc) is 2.38. The van der Waals surface area contributed by atoms with E-state index in [0.717, 1.165) is 17.6 Å². The zero-order valence-electron chi connectivity index (χ0n) is 14.1. The van der Waals surface area contributed by atoms with Crippen molar-refractivity contribution in [1.82, 2.24) is 10.2 Å². The summed E-state index contributed by atoms with van der Waals surface area (Å²) in [6.45, 7) is 11.8. The zero-order valence-corrected chi connectivity index (χ0v) is 15.7. The van der Waals surface area contributed by atoms with Crippen LogP contribution in [0.25, 0.3) is 0 Å². The molecular formula is C17H27BrN2O2. The van der Waals surface area contributed by atoms with Crippen LogP contribution in [0.2, 0.25) is 0 Å². The van der Waals surface area contributed by atoms with Gasteiger partial charge in [0, 0.05) is 30.1 Å². The van der Waals surface area contributed by atoms with E-state index in [0.29, 0.717) is 6.54 Å². The topological polar surface area (TPSA) is 41.6 Å². The molecule has 0 aliphatic carbocycles. The molecule has 0 aliphatic rings. The molecule has 1 amide bonds. The third-order valence-electron chi connectivity index (χ3n) is 3.02. The molecule has 0 aliphatic heterocycles. The number of halogens is 1. The van der Waals surface area contributed by atoms with Crippen LogP contribution in [-0.2, 0) is 11.3 Å². The fourth-order valence-electron chi connectivity index (χ4n) is 1.92. The zero-order chi connectivity index (χ0) is 16.8. The van der Waals surface area contributed by atoms with Crippen molar-refractivity contribution in [1.29, 1.82) is 0 Å². The summed E-state index contributed by atoms with van der Waals surface area (Å²) < 4.78 is 6.52. The van der Waals surface area contributed by atoms with E-state index in [2.05, 4.69) is 33.4 Å². The maximum atomic E-state index is 12.2. The Morgan fingerprint density at radius 1 is 1.27 bits per heavy atom. The standard InChI is InChI=1S/C17H27BrN2O2/c1-13(2)20(16(21)22-17(3,4)5)11-10-19-12-14-6-8-15(18)9-7-14/h6-9,13,19H,10-12H2,1-5H3. The fourth-order valence-corrected chi connectivity index (χ4v) is 2.18. The number of nitrogens with one attached hydrogen (secondary N) is 1. The van der Waals surface area contributed by atoms with E-state index < -0.39 is 5.60 Å². The van der Waals surface area contributed by atoms with Gasteiger partial charge < -0.3 is 15.0 Å². The molecule has 0 aromatic heterocycles. The highest BCUT2D eigenvalue weighted by molar-refractivity contribution is 9.10. The molecule has 0 heterocycles. The van der Waals surface area contributed by atoms with Crippen molar-refractivity contribution in [2.45, 2.75) is 52.8 Å². The van der Waals surface area contributed by atoms with Crippen molar-refractivity contribution < 1.29 is 9.53 Å². The molecule has 22 heavy (non-hydrogen) atoms. The van der Waals surface area contributed by atoms with Crippen LogP contribution in [0.5, 0.6) is 0 Å². The van der Waals surface area contributed by atoms with Gasteiger partial charge in [-0.15, -0.1) is 0 Å². The van der Waals surface area contributed by atoms with E-state index in [4.69, 9.17) is 4.74 Å². The normalized spacial score (nSPS) is 11.6. The summed E-state index contributed by atoms with van der Waals surface area (Å²) in [4.78, 5) is 13.9. The van der Waals surface area contributed by atoms with Crippen LogP contribution in [0.1, 0.15) is 40.2 Å².